The van der Waals surface area contributed by atoms with Crippen molar-refractivity contribution < 1.29 is 19.4 Å². The first-order chi connectivity index (χ1) is 10.4. The highest BCUT2D eigenvalue weighted by Gasteiger charge is 2.25. The molecule has 6 nitrogen and oxygen atoms in total. The first kappa shape index (κ1) is 15.9. The van der Waals surface area contributed by atoms with Gasteiger partial charge in [-0.15, -0.1) is 0 Å². The van der Waals surface area contributed by atoms with Crippen LogP contribution in [-0.2, 0) is 9.59 Å². The van der Waals surface area contributed by atoms with Crippen molar-refractivity contribution >= 4 is 23.3 Å². The fourth-order valence-corrected chi connectivity index (χ4v) is 2.11. The summed E-state index contributed by atoms with van der Waals surface area (Å²) in [5, 5.41) is 12.0. The maximum absolute atomic E-state index is 12.0. The number of benzene rings is 1. The van der Waals surface area contributed by atoms with Crippen molar-refractivity contribution in [2.75, 3.05) is 29.9 Å². The number of nitrogens with zero attached hydrogens (tertiary/aromatic N) is 1. The third-order valence-electron chi connectivity index (χ3n) is 3.36. The number of nitrogens with one attached hydrogen (secondary N) is 1. The lowest BCUT2D eigenvalue weighted by molar-refractivity contribution is -0.140. The molecule has 1 amide bonds. The van der Waals surface area contributed by atoms with Gasteiger partial charge in [0.25, 0.3) is 5.91 Å². The highest BCUT2D eigenvalue weighted by molar-refractivity contribution is 5.98. The van der Waals surface area contributed by atoms with Crippen molar-refractivity contribution in [1.29, 1.82) is 0 Å². The van der Waals surface area contributed by atoms with Crippen LogP contribution < -0.4 is 15.0 Å². The van der Waals surface area contributed by atoms with Crippen molar-refractivity contribution in [3.63, 3.8) is 0 Å². The van der Waals surface area contributed by atoms with Gasteiger partial charge in [0.2, 0.25) is 0 Å². The Bertz CT molecular complexity index is 612. The molecule has 1 atom stereocenters. The summed E-state index contributed by atoms with van der Waals surface area (Å²) in [5.41, 5.74) is 2.29. The number of aliphatic carboxylic acids is 1. The normalized spacial score (nSPS) is 14.8. The molecule has 2 N–H and O–H groups in total. The van der Waals surface area contributed by atoms with E-state index in [-0.39, 0.29) is 12.5 Å². The summed E-state index contributed by atoms with van der Waals surface area (Å²) in [5.74, 6) is -0.836. The zero-order chi connectivity index (χ0) is 16.3. The molecule has 1 aliphatic heterocycles. The lowest BCUT2D eigenvalue weighted by Crippen LogP contribution is -2.39. The Morgan fingerprint density at radius 2 is 2.27 bits per heavy atom. The molecule has 0 spiro atoms. The van der Waals surface area contributed by atoms with Crippen molar-refractivity contribution in [1.82, 2.24) is 0 Å². The third-order valence-corrected chi connectivity index (χ3v) is 3.36. The average Bonchev–Trinajstić information content (AvgIpc) is 2.47. The van der Waals surface area contributed by atoms with E-state index in [1.165, 1.54) is 0 Å². The van der Waals surface area contributed by atoms with E-state index in [0.717, 1.165) is 11.3 Å². The Hall–Kier alpha value is -2.50. The van der Waals surface area contributed by atoms with Crippen LogP contribution in [-0.4, -0.2) is 36.7 Å². The molecule has 1 heterocycles. The van der Waals surface area contributed by atoms with E-state index in [9.17, 15) is 9.59 Å². The number of anilines is 2. The molecule has 6 heteroatoms. The number of hydrogen-bond acceptors (Lipinski definition) is 4. The predicted molar refractivity (Wildman–Crippen MR) is 84.4 cm³/mol. The quantitative estimate of drug-likeness (QED) is 0.787. The van der Waals surface area contributed by atoms with Crippen molar-refractivity contribution in [2.45, 2.75) is 13.8 Å². The Morgan fingerprint density at radius 1 is 1.55 bits per heavy atom. The zero-order valence-electron chi connectivity index (χ0n) is 12.8. The summed E-state index contributed by atoms with van der Waals surface area (Å²) in [6.45, 7) is 8.10. The number of ether oxygens (including phenoxy) is 1. The fourth-order valence-electron chi connectivity index (χ4n) is 2.11. The smallest absolute Gasteiger partial charge is 0.308 e. The summed E-state index contributed by atoms with van der Waals surface area (Å²) in [4.78, 5) is 24.5. The van der Waals surface area contributed by atoms with Gasteiger partial charge in [-0.05, 0) is 25.1 Å². The number of fused-ring (bicyclic) bond motifs is 1. The van der Waals surface area contributed by atoms with Gasteiger partial charge in [0.1, 0.15) is 5.75 Å². The highest BCUT2D eigenvalue weighted by atomic mass is 16.5. The molecular formula is C16H20N2O4. The lowest BCUT2D eigenvalue weighted by Gasteiger charge is -2.30. The average molecular weight is 304 g/mol. The Labute approximate surface area is 129 Å². The molecular weight excluding hydrogens is 284 g/mol. The molecule has 0 aromatic heterocycles. The first-order valence-electron chi connectivity index (χ1n) is 7.06. The van der Waals surface area contributed by atoms with E-state index in [2.05, 4.69) is 11.9 Å². The molecule has 0 aliphatic carbocycles. The molecule has 118 valence electrons. The van der Waals surface area contributed by atoms with E-state index in [1.54, 1.807) is 24.0 Å². The van der Waals surface area contributed by atoms with E-state index < -0.39 is 11.9 Å². The van der Waals surface area contributed by atoms with E-state index in [4.69, 9.17) is 9.84 Å². The minimum atomic E-state index is -0.854. The van der Waals surface area contributed by atoms with Crippen LogP contribution in [0.5, 0.6) is 5.75 Å². The highest BCUT2D eigenvalue weighted by Crippen LogP contribution is 2.34. The van der Waals surface area contributed by atoms with E-state index >= 15 is 0 Å². The van der Waals surface area contributed by atoms with Crippen LogP contribution in [0.15, 0.2) is 30.4 Å². The molecule has 1 aromatic rings. The van der Waals surface area contributed by atoms with Crippen LogP contribution in [0.2, 0.25) is 0 Å². The topological polar surface area (TPSA) is 78.9 Å². The zero-order valence-corrected chi connectivity index (χ0v) is 12.8. The second-order valence-electron chi connectivity index (χ2n) is 5.53. The summed E-state index contributed by atoms with van der Waals surface area (Å²) in [6, 6.07) is 5.38. The number of amides is 1. The number of carbonyl (C=O) groups is 2. The van der Waals surface area contributed by atoms with Gasteiger partial charge in [-0.1, -0.05) is 19.1 Å². The lowest BCUT2D eigenvalue weighted by atomic mass is 10.1. The molecule has 0 radical (unpaired) electrons. The number of hydrogen-bond donors (Lipinski definition) is 2. The molecule has 0 fully saturated rings. The Kier molecular flexibility index (Phi) is 4.70. The van der Waals surface area contributed by atoms with Crippen molar-refractivity contribution in [2.24, 2.45) is 5.92 Å². The summed E-state index contributed by atoms with van der Waals surface area (Å²) in [7, 11) is 0. The first-order valence-corrected chi connectivity index (χ1v) is 7.06. The maximum atomic E-state index is 12.0. The fraction of sp³-hybridized carbons (Fsp3) is 0.375. The van der Waals surface area contributed by atoms with Crippen molar-refractivity contribution in [3.05, 3.63) is 30.4 Å². The molecule has 1 unspecified atom stereocenters. The Morgan fingerprint density at radius 3 is 2.91 bits per heavy atom. The van der Waals surface area contributed by atoms with Gasteiger partial charge >= 0.3 is 5.97 Å². The molecule has 1 aliphatic rings. The summed E-state index contributed by atoms with van der Waals surface area (Å²) < 4.78 is 5.42. The van der Waals surface area contributed by atoms with Gasteiger partial charge in [0, 0.05) is 18.8 Å². The molecule has 2 rings (SSSR count). The van der Waals surface area contributed by atoms with Gasteiger partial charge < -0.3 is 20.1 Å². The van der Waals surface area contributed by atoms with Gasteiger partial charge in [-0.25, -0.2) is 0 Å². The van der Waals surface area contributed by atoms with Crippen LogP contribution in [0, 0.1) is 5.92 Å². The summed E-state index contributed by atoms with van der Waals surface area (Å²) >= 11 is 0. The van der Waals surface area contributed by atoms with Crippen LogP contribution in [0.1, 0.15) is 13.8 Å². The van der Waals surface area contributed by atoms with Crippen LogP contribution in [0.25, 0.3) is 0 Å². The van der Waals surface area contributed by atoms with Gasteiger partial charge in [-0.2, -0.15) is 0 Å². The molecule has 0 saturated heterocycles. The SMILES string of the molecule is C=C(C)CN1C(=O)COc2ccc(NCC(C)C(=O)O)cc21. The van der Waals surface area contributed by atoms with E-state index in [1.807, 2.05) is 13.0 Å². The number of carboxylic acid groups (broad SMARTS) is 1. The summed E-state index contributed by atoms with van der Waals surface area (Å²) in [6.07, 6.45) is 0. The minimum Gasteiger partial charge on any atom is -0.482 e. The van der Waals surface area contributed by atoms with Gasteiger partial charge in [0.15, 0.2) is 6.61 Å². The second-order valence-corrected chi connectivity index (χ2v) is 5.53. The molecule has 0 bridgehead atoms. The molecule has 22 heavy (non-hydrogen) atoms. The number of rotatable bonds is 6. The number of carboxylic acids is 1. The Balaban J connectivity index is 2.20. The van der Waals surface area contributed by atoms with Crippen LogP contribution in [0.4, 0.5) is 11.4 Å². The standard InChI is InChI=1S/C16H20N2O4/c1-10(2)8-18-13-6-12(17-7-11(3)16(20)21)4-5-14(13)22-9-15(18)19/h4-6,11,17H,1,7-9H2,2-3H3,(H,20,21). The largest absolute Gasteiger partial charge is 0.482 e. The second kappa shape index (κ2) is 6.51. The van der Waals surface area contributed by atoms with E-state index in [0.29, 0.717) is 24.5 Å². The van der Waals surface area contributed by atoms with Crippen molar-refractivity contribution in [3.8, 4) is 5.75 Å². The van der Waals surface area contributed by atoms with Crippen LogP contribution in [0.3, 0.4) is 0 Å². The third kappa shape index (κ3) is 3.58. The molecule has 0 saturated carbocycles. The van der Waals surface area contributed by atoms with Crippen LogP contribution >= 0.6 is 0 Å². The maximum Gasteiger partial charge on any atom is 0.308 e. The monoisotopic (exact) mass is 304 g/mol. The predicted octanol–water partition coefficient (Wildman–Crippen LogP) is 2.12. The van der Waals surface area contributed by atoms with Gasteiger partial charge in [-0.3, -0.25) is 9.59 Å². The minimum absolute atomic E-state index is 0.0170. The molecule has 1 aromatic carbocycles. The number of carbonyl (C=O) groups excluding carboxylic acids is 1. The van der Waals surface area contributed by atoms with Gasteiger partial charge in [0.05, 0.1) is 11.6 Å².